The molecule has 0 saturated carbocycles. The van der Waals surface area contributed by atoms with E-state index < -0.39 is 12.6 Å². The number of carboxylic acid groups (broad SMARTS) is 1. The van der Waals surface area contributed by atoms with Gasteiger partial charge in [-0.1, -0.05) is 23.2 Å². The van der Waals surface area contributed by atoms with Crippen LogP contribution < -0.4 is 4.74 Å². The van der Waals surface area contributed by atoms with Gasteiger partial charge in [0.05, 0.1) is 5.02 Å². The average molecular weight is 277 g/mol. The van der Waals surface area contributed by atoms with Crippen molar-refractivity contribution in [3.8, 4) is 5.75 Å². The number of aliphatic carboxylic acids is 1. The Labute approximate surface area is 101 Å². The van der Waals surface area contributed by atoms with Crippen molar-refractivity contribution in [3.63, 3.8) is 0 Å². The molecule has 0 aromatic heterocycles. The molecule has 0 aliphatic heterocycles. The summed E-state index contributed by atoms with van der Waals surface area (Å²) in [5.74, 6) is -0.737. The third-order valence-electron chi connectivity index (χ3n) is 1.25. The SMILES string of the molecule is O=C(O)COc1ccc(Cl)cc1Cl.[Fe]. The minimum Gasteiger partial charge on any atom is -0.480 e. The van der Waals surface area contributed by atoms with Gasteiger partial charge in [-0.05, 0) is 18.2 Å². The summed E-state index contributed by atoms with van der Waals surface area (Å²) in [4.78, 5) is 10.2. The van der Waals surface area contributed by atoms with Crippen molar-refractivity contribution < 1.29 is 31.7 Å². The van der Waals surface area contributed by atoms with Crippen LogP contribution in [-0.4, -0.2) is 17.7 Å². The van der Waals surface area contributed by atoms with Gasteiger partial charge in [0.25, 0.3) is 0 Å². The van der Waals surface area contributed by atoms with Gasteiger partial charge in [-0.3, -0.25) is 0 Å². The first kappa shape index (κ1) is 13.6. The van der Waals surface area contributed by atoms with Crippen LogP contribution >= 0.6 is 23.2 Å². The Balaban J connectivity index is 0.00000169. The van der Waals surface area contributed by atoms with Crippen molar-refractivity contribution in [3.05, 3.63) is 28.2 Å². The molecule has 1 N–H and O–H groups in total. The Morgan fingerprint density at radius 1 is 1.43 bits per heavy atom. The van der Waals surface area contributed by atoms with E-state index in [1.807, 2.05) is 0 Å². The summed E-state index contributed by atoms with van der Waals surface area (Å²) in [5.41, 5.74) is 0. The molecule has 0 amide bonds. The van der Waals surface area contributed by atoms with Crippen LogP contribution in [0, 0.1) is 0 Å². The normalized spacial score (nSPS) is 9.00. The number of hydrogen-bond acceptors (Lipinski definition) is 2. The fourth-order valence-electron chi connectivity index (χ4n) is 0.732. The summed E-state index contributed by atoms with van der Waals surface area (Å²) in [6, 6.07) is 4.58. The maximum atomic E-state index is 10.2. The largest absolute Gasteiger partial charge is 0.480 e. The van der Waals surface area contributed by atoms with Crippen molar-refractivity contribution in [2.75, 3.05) is 6.61 Å². The molecule has 0 fully saturated rings. The Morgan fingerprint density at radius 2 is 2.07 bits per heavy atom. The molecule has 78 valence electrons. The van der Waals surface area contributed by atoms with E-state index in [0.29, 0.717) is 15.8 Å². The average Bonchev–Trinajstić information content (AvgIpc) is 2.02. The van der Waals surface area contributed by atoms with E-state index in [1.54, 1.807) is 6.07 Å². The van der Waals surface area contributed by atoms with Crippen LogP contribution in [0.4, 0.5) is 0 Å². The second kappa shape index (κ2) is 6.14. The van der Waals surface area contributed by atoms with Gasteiger partial charge in [0.15, 0.2) is 6.61 Å². The zero-order valence-corrected chi connectivity index (χ0v) is 9.43. The van der Waals surface area contributed by atoms with Crippen LogP contribution in [0.2, 0.25) is 10.0 Å². The Bertz CT molecular complexity index is 330. The summed E-state index contributed by atoms with van der Waals surface area (Å²) >= 11 is 11.3. The molecule has 1 aromatic carbocycles. The van der Waals surface area contributed by atoms with Crippen molar-refractivity contribution in [1.82, 2.24) is 0 Å². The molecule has 0 unspecified atom stereocenters. The monoisotopic (exact) mass is 276 g/mol. The molecule has 1 rings (SSSR count). The first-order valence-corrected chi connectivity index (χ1v) is 4.15. The van der Waals surface area contributed by atoms with Gasteiger partial charge >= 0.3 is 5.97 Å². The number of halogens is 2. The first-order valence-electron chi connectivity index (χ1n) is 3.39. The predicted molar refractivity (Wildman–Crippen MR) is 49.6 cm³/mol. The summed E-state index contributed by atoms with van der Waals surface area (Å²) < 4.78 is 4.86. The maximum absolute atomic E-state index is 10.2. The second-order valence-electron chi connectivity index (χ2n) is 2.26. The van der Waals surface area contributed by atoms with E-state index in [-0.39, 0.29) is 17.1 Å². The van der Waals surface area contributed by atoms with Crippen LogP contribution in [0.25, 0.3) is 0 Å². The molecule has 3 nitrogen and oxygen atoms in total. The smallest absolute Gasteiger partial charge is 0.341 e. The number of ether oxygens (including phenoxy) is 1. The van der Waals surface area contributed by atoms with Crippen LogP contribution in [-0.2, 0) is 21.9 Å². The summed E-state index contributed by atoms with van der Waals surface area (Å²) in [6.07, 6.45) is 0. The van der Waals surface area contributed by atoms with Crippen LogP contribution in [0.1, 0.15) is 0 Å². The summed E-state index contributed by atoms with van der Waals surface area (Å²) in [6.45, 7) is -0.415. The van der Waals surface area contributed by atoms with E-state index in [2.05, 4.69) is 0 Å². The van der Waals surface area contributed by atoms with E-state index in [0.717, 1.165) is 0 Å². The van der Waals surface area contributed by atoms with Gasteiger partial charge in [-0.2, -0.15) is 0 Å². The Kier molecular flexibility index (Phi) is 5.96. The van der Waals surface area contributed by atoms with Gasteiger partial charge in [0.1, 0.15) is 5.75 Å². The maximum Gasteiger partial charge on any atom is 0.341 e. The molecule has 1 aromatic rings. The molecule has 6 heteroatoms. The summed E-state index contributed by atoms with van der Waals surface area (Å²) in [7, 11) is 0. The molecular weight excluding hydrogens is 271 g/mol. The predicted octanol–water partition coefficient (Wildman–Crippen LogP) is 2.45. The number of carbonyl (C=O) groups is 1. The van der Waals surface area contributed by atoms with Gasteiger partial charge < -0.3 is 9.84 Å². The van der Waals surface area contributed by atoms with E-state index in [9.17, 15) is 4.79 Å². The number of benzene rings is 1. The van der Waals surface area contributed by atoms with Gasteiger partial charge in [-0.25, -0.2) is 4.79 Å². The molecule has 0 heterocycles. The molecule has 0 aliphatic rings. The number of rotatable bonds is 3. The van der Waals surface area contributed by atoms with Gasteiger partial charge in [0, 0.05) is 22.1 Å². The fourth-order valence-corrected chi connectivity index (χ4v) is 1.19. The van der Waals surface area contributed by atoms with E-state index >= 15 is 0 Å². The zero-order valence-electron chi connectivity index (χ0n) is 6.81. The molecule has 0 atom stereocenters. The quantitative estimate of drug-likeness (QED) is 0.863. The Morgan fingerprint density at radius 3 is 2.57 bits per heavy atom. The van der Waals surface area contributed by atoms with Crippen LogP contribution in [0.5, 0.6) is 5.75 Å². The molecule has 0 aliphatic carbocycles. The van der Waals surface area contributed by atoms with Crippen molar-refractivity contribution in [1.29, 1.82) is 0 Å². The number of carboxylic acids is 1. The zero-order chi connectivity index (χ0) is 9.84. The third kappa shape index (κ3) is 4.20. The van der Waals surface area contributed by atoms with Gasteiger partial charge in [-0.15, -0.1) is 0 Å². The fraction of sp³-hybridized carbons (Fsp3) is 0.125. The first-order chi connectivity index (χ1) is 6.09. The Hall–Kier alpha value is -0.411. The molecule has 0 spiro atoms. The molecular formula is C8H6Cl2FeO3. The van der Waals surface area contributed by atoms with E-state index in [4.69, 9.17) is 33.0 Å². The van der Waals surface area contributed by atoms with Crippen LogP contribution in [0.15, 0.2) is 18.2 Å². The van der Waals surface area contributed by atoms with E-state index in [1.165, 1.54) is 12.1 Å². The minimum atomic E-state index is -1.05. The van der Waals surface area contributed by atoms with Crippen molar-refractivity contribution in [2.45, 2.75) is 0 Å². The molecule has 14 heavy (non-hydrogen) atoms. The number of hydrogen-bond donors (Lipinski definition) is 1. The summed E-state index contributed by atoms with van der Waals surface area (Å²) in [5, 5.41) is 9.11. The van der Waals surface area contributed by atoms with Gasteiger partial charge in [0.2, 0.25) is 0 Å². The van der Waals surface area contributed by atoms with Crippen molar-refractivity contribution in [2.24, 2.45) is 0 Å². The molecule has 0 bridgehead atoms. The van der Waals surface area contributed by atoms with Crippen LogP contribution in [0.3, 0.4) is 0 Å². The van der Waals surface area contributed by atoms with Crippen molar-refractivity contribution >= 4 is 29.2 Å². The molecule has 0 saturated heterocycles. The minimum absolute atomic E-state index is 0. The standard InChI is InChI=1S/C8H6Cl2O3.Fe/c9-5-1-2-7(6(10)3-5)13-4-8(11)12;/h1-3H,4H2,(H,11,12);. The molecule has 0 radical (unpaired) electrons. The topological polar surface area (TPSA) is 46.5 Å². The third-order valence-corrected chi connectivity index (χ3v) is 1.78. The second-order valence-corrected chi connectivity index (χ2v) is 3.10.